The van der Waals surface area contributed by atoms with E-state index in [0.717, 1.165) is 11.3 Å². The second-order valence-electron chi connectivity index (χ2n) is 7.56. The van der Waals surface area contributed by atoms with Crippen LogP contribution in [0.5, 0.6) is 0 Å². The maximum Gasteiger partial charge on any atom is 0.235 e. The van der Waals surface area contributed by atoms with Crippen LogP contribution < -0.4 is 5.32 Å². The third kappa shape index (κ3) is 1.86. The number of carbonyl (C=O) groups is 2. The lowest BCUT2D eigenvalue weighted by Crippen LogP contribution is -2.40. The topological polar surface area (TPSA) is 49.4 Å². The van der Waals surface area contributed by atoms with Gasteiger partial charge in [0.2, 0.25) is 11.8 Å². The minimum Gasteiger partial charge on any atom is -0.367 e. The Balaban J connectivity index is 1.36. The van der Waals surface area contributed by atoms with Gasteiger partial charge in [0.05, 0.1) is 18.5 Å². The normalized spacial score (nSPS) is 38.3. The minimum atomic E-state index is -0.125. The van der Waals surface area contributed by atoms with E-state index >= 15 is 0 Å². The predicted molar refractivity (Wildman–Crippen MR) is 91.2 cm³/mol. The monoisotopic (exact) mass is 342 g/mol. The number of hydrogen-bond acceptors (Lipinski definition) is 3. The molecular weight excluding hydrogens is 324 g/mol. The number of hydrogen-bond donors (Lipinski definition) is 1. The first-order chi connectivity index (χ1) is 11.6. The number of nitrogens with zero attached hydrogens (tertiary/aromatic N) is 1. The van der Waals surface area contributed by atoms with Crippen LogP contribution >= 0.6 is 11.6 Å². The number of nitrogens with one attached hydrogen (secondary N) is 1. The second-order valence-corrected chi connectivity index (χ2v) is 7.97. The van der Waals surface area contributed by atoms with Crippen LogP contribution in [0.1, 0.15) is 12.0 Å². The molecule has 0 unspecified atom stereocenters. The molecule has 2 bridgehead atoms. The number of carbonyl (C=O) groups excluding carboxylic acids is 2. The molecular formula is C19H19ClN2O2. The molecule has 0 radical (unpaired) electrons. The summed E-state index contributed by atoms with van der Waals surface area (Å²) in [6.45, 7) is 2.16. The van der Waals surface area contributed by atoms with E-state index in [2.05, 4.69) is 17.5 Å². The molecule has 1 aliphatic heterocycles. The molecule has 2 amide bonds. The number of amides is 2. The summed E-state index contributed by atoms with van der Waals surface area (Å²) in [7, 11) is 0. The standard InChI is InChI=1S/C19H19ClN2O2/c1-9-2-3-10(6-15(9)20)21-8-22-18(23)16-11-4-5-12(14-7-13(11)14)17(16)19(22)24/h2-6,11-14,16-17,21H,7-8H2,1H3/t11-,12-,13+,14+,16+,17+/m1/s1. The first-order valence-electron chi connectivity index (χ1n) is 8.60. The Morgan fingerprint density at radius 2 is 1.75 bits per heavy atom. The van der Waals surface area contributed by atoms with Crippen LogP contribution in [0.25, 0.3) is 0 Å². The van der Waals surface area contributed by atoms with Crippen molar-refractivity contribution in [1.82, 2.24) is 4.90 Å². The summed E-state index contributed by atoms with van der Waals surface area (Å²) in [5.74, 6) is 1.59. The molecule has 5 aliphatic rings. The summed E-state index contributed by atoms with van der Waals surface area (Å²) in [5, 5.41) is 3.85. The number of allylic oxidation sites excluding steroid dienone is 2. The lowest BCUT2D eigenvalue weighted by atomic mass is 9.63. The van der Waals surface area contributed by atoms with Crippen LogP contribution in [0.2, 0.25) is 5.02 Å². The fraction of sp³-hybridized carbons (Fsp3) is 0.474. The van der Waals surface area contributed by atoms with Crippen LogP contribution in [0.4, 0.5) is 5.69 Å². The highest BCUT2D eigenvalue weighted by atomic mass is 35.5. The van der Waals surface area contributed by atoms with Crippen LogP contribution in [0, 0.1) is 42.4 Å². The molecule has 1 aromatic rings. The molecule has 1 aromatic carbocycles. The van der Waals surface area contributed by atoms with E-state index in [-0.39, 0.29) is 42.2 Å². The van der Waals surface area contributed by atoms with Gasteiger partial charge in [0, 0.05) is 10.7 Å². The highest BCUT2D eigenvalue weighted by Crippen LogP contribution is 2.65. The Kier molecular flexibility index (Phi) is 2.94. The Morgan fingerprint density at radius 1 is 1.12 bits per heavy atom. The summed E-state index contributed by atoms with van der Waals surface area (Å²) in [6.07, 6.45) is 5.58. The summed E-state index contributed by atoms with van der Waals surface area (Å²) < 4.78 is 0. The average molecular weight is 343 g/mol. The van der Waals surface area contributed by atoms with E-state index in [9.17, 15) is 9.59 Å². The van der Waals surface area contributed by atoms with Gasteiger partial charge in [-0.3, -0.25) is 14.5 Å². The van der Waals surface area contributed by atoms with Gasteiger partial charge in [0.1, 0.15) is 0 Å². The van der Waals surface area contributed by atoms with Gasteiger partial charge in [-0.1, -0.05) is 29.8 Å². The number of halogens is 1. The zero-order valence-electron chi connectivity index (χ0n) is 13.4. The van der Waals surface area contributed by atoms with Gasteiger partial charge in [-0.25, -0.2) is 0 Å². The van der Waals surface area contributed by atoms with Crippen molar-refractivity contribution in [2.45, 2.75) is 13.3 Å². The molecule has 4 nitrogen and oxygen atoms in total. The third-order valence-corrected chi connectivity index (χ3v) is 6.77. The van der Waals surface area contributed by atoms with Gasteiger partial charge in [-0.15, -0.1) is 0 Å². The number of likely N-dealkylation sites (tertiary alicyclic amines) is 1. The molecule has 1 heterocycles. The molecule has 1 N–H and O–H groups in total. The number of anilines is 1. The smallest absolute Gasteiger partial charge is 0.235 e. The van der Waals surface area contributed by atoms with Crippen molar-refractivity contribution < 1.29 is 9.59 Å². The molecule has 4 aliphatic carbocycles. The Labute approximate surface area is 145 Å². The van der Waals surface area contributed by atoms with Crippen LogP contribution in [0.15, 0.2) is 30.4 Å². The molecule has 2 saturated carbocycles. The molecule has 0 spiro atoms. The Hall–Kier alpha value is -1.81. The highest BCUT2D eigenvalue weighted by Gasteiger charge is 2.66. The van der Waals surface area contributed by atoms with E-state index in [0.29, 0.717) is 16.9 Å². The Morgan fingerprint density at radius 3 is 2.33 bits per heavy atom. The van der Waals surface area contributed by atoms with Crippen molar-refractivity contribution in [2.24, 2.45) is 35.5 Å². The van der Waals surface area contributed by atoms with E-state index in [1.165, 1.54) is 11.3 Å². The van der Waals surface area contributed by atoms with E-state index in [1.807, 2.05) is 25.1 Å². The molecule has 6 atom stereocenters. The highest BCUT2D eigenvalue weighted by molar-refractivity contribution is 6.31. The van der Waals surface area contributed by atoms with Gasteiger partial charge >= 0.3 is 0 Å². The first-order valence-corrected chi connectivity index (χ1v) is 8.97. The number of aryl methyl sites for hydroxylation is 1. The molecule has 5 heteroatoms. The van der Waals surface area contributed by atoms with Crippen molar-refractivity contribution in [1.29, 1.82) is 0 Å². The zero-order chi connectivity index (χ0) is 16.6. The average Bonchev–Trinajstić information content (AvgIpc) is 3.35. The number of imide groups is 1. The second kappa shape index (κ2) is 4.85. The number of rotatable bonds is 3. The van der Waals surface area contributed by atoms with Gasteiger partial charge < -0.3 is 5.32 Å². The minimum absolute atomic E-state index is 0.000378. The molecule has 6 rings (SSSR count). The molecule has 24 heavy (non-hydrogen) atoms. The van der Waals surface area contributed by atoms with Gasteiger partial charge in [-0.2, -0.15) is 0 Å². The van der Waals surface area contributed by atoms with Crippen molar-refractivity contribution in [3.63, 3.8) is 0 Å². The van der Waals surface area contributed by atoms with Crippen molar-refractivity contribution >= 4 is 29.1 Å². The van der Waals surface area contributed by atoms with E-state index < -0.39 is 0 Å². The van der Waals surface area contributed by atoms with E-state index in [4.69, 9.17) is 11.6 Å². The van der Waals surface area contributed by atoms with Gasteiger partial charge in [-0.05, 0) is 54.7 Å². The fourth-order valence-electron chi connectivity index (χ4n) is 5.05. The molecule has 1 saturated heterocycles. The van der Waals surface area contributed by atoms with Crippen molar-refractivity contribution in [3.05, 3.63) is 40.9 Å². The lowest BCUT2D eigenvalue weighted by molar-refractivity contribution is -0.139. The van der Waals surface area contributed by atoms with Crippen LogP contribution in [-0.2, 0) is 9.59 Å². The van der Waals surface area contributed by atoms with Crippen LogP contribution in [0.3, 0.4) is 0 Å². The molecule has 3 fully saturated rings. The van der Waals surface area contributed by atoms with E-state index in [1.54, 1.807) is 0 Å². The molecule has 0 aromatic heterocycles. The van der Waals surface area contributed by atoms with Crippen molar-refractivity contribution in [2.75, 3.05) is 12.0 Å². The SMILES string of the molecule is Cc1ccc(NCN2C(=O)[C@H]3[C@@H]4C=C[C@H]([C@@H]5C[C@@H]45)[C@@H]3C2=O)cc1Cl. The van der Waals surface area contributed by atoms with Crippen molar-refractivity contribution in [3.8, 4) is 0 Å². The maximum absolute atomic E-state index is 12.9. The zero-order valence-corrected chi connectivity index (χ0v) is 14.2. The lowest BCUT2D eigenvalue weighted by Gasteiger charge is -2.37. The quantitative estimate of drug-likeness (QED) is 0.678. The molecule has 124 valence electrons. The summed E-state index contributed by atoms with van der Waals surface area (Å²) in [6, 6.07) is 5.67. The largest absolute Gasteiger partial charge is 0.367 e. The summed E-state index contributed by atoms with van der Waals surface area (Å²) in [5.41, 5.74) is 1.83. The Bertz CT molecular complexity index is 754. The van der Waals surface area contributed by atoms with Crippen LogP contribution in [-0.4, -0.2) is 23.4 Å². The van der Waals surface area contributed by atoms with Gasteiger partial charge in [0.15, 0.2) is 0 Å². The summed E-state index contributed by atoms with van der Waals surface area (Å²) >= 11 is 6.14. The fourth-order valence-corrected chi connectivity index (χ4v) is 5.23. The predicted octanol–water partition coefficient (Wildman–Crippen LogP) is 3.07. The first kappa shape index (κ1) is 14.5. The summed E-state index contributed by atoms with van der Waals surface area (Å²) in [4.78, 5) is 27.1. The maximum atomic E-state index is 12.9. The number of benzene rings is 1. The van der Waals surface area contributed by atoms with Gasteiger partial charge in [0.25, 0.3) is 0 Å². The third-order valence-electron chi connectivity index (χ3n) is 6.37.